The van der Waals surface area contributed by atoms with Crippen LogP contribution in [-0.4, -0.2) is 9.97 Å². The molecule has 12 heavy (non-hydrogen) atoms. The third-order valence-electron chi connectivity index (χ3n) is 1.99. The molecule has 0 aliphatic rings. The molecule has 2 heterocycles. The zero-order valence-electron chi connectivity index (χ0n) is 6.96. The van der Waals surface area contributed by atoms with Gasteiger partial charge >= 0.3 is 0 Å². The summed E-state index contributed by atoms with van der Waals surface area (Å²) in [6.07, 6.45) is 3.63. The largest absolute Gasteiger partial charge is 0.357 e. The molecule has 60 valence electrons. The van der Waals surface area contributed by atoms with Crippen LogP contribution in [0.3, 0.4) is 0 Å². The molecule has 0 spiro atoms. The number of nitrogens with zero attached hydrogens (tertiary/aromatic N) is 1. The van der Waals surface area contributed by atoms with Crippen molar-refractivity contribution < 1.29 is 0 Å². The van der Waals surface area contributed by atoms with E-state index in [0.717, 1.165) is 22.3 Å². The topological polar surface area (TPSA) is 28.7 Å². The fraction of sp³-hybridized carbons (Fsp3) is 0.100. The van der Waals surface area contributed by atoms with Crippen molar-refractivity contribution in [2.24, 2.45) is 0 Å². The number of H-pyrrole nitrogens is 1. The molecule has 0 saturated heterocycles. The van der Waals surface area contributed by atoms with E-state index in [2.05, 4.69) is 16.5 Å². The Labute approximate surface area is 70.9 Å². The molecule has 2 heteroatoms. The van der Waals surface area contributed by atoms with Crippen LogP contribution in [0.4, 0.5) is 0 Å². The summed E-state index contributed by atoms with van der Waals surface area (Å²) in [6, 6.07) is 3.94. The van der Waals surface area contributed by atoms with Crippen molar-refractivity contribution >= 4 is 17.1 Å². The van der Waals surface area contributed by atoms with E-state index in [1.165, 1.54) is 0 Å². The third-order valence-corrected chi connectivity index (χ3v) is 1.99. The molecule has 0 amide bonds. The van der Waals surface area contributed by atoms with Crippen LogP contribution >= 0.6 is 0 Å². The molecule has 2 aromatic rings. The van der Waals surface area contributed by atoms with Gasteiger partial charge in [0.05, 0.1) is 11.0 Å². The van der Waals surface area contributed by atoms with Gasteiger partial charge in [0.25, 0.3) is 0 Å². The summed E-state index contributed by atoms with van der Waals surface area (Å²) in [5, 5.41) is 0. The number of nitrogens with one attached hydrogen (secondary N) is 1. The van der Waals surface area contributed by atoms with E-state index in [1.54, 1.807) is 6.20 Å². The van der Waals surface area contributed by atoms with E-state index in [9.17, 15) is 0 Å². The molecule has 0 saturated carbocycles. The molecule has 0 fully saturated rings. The lowest BCUT2D eigenvalue weighted by atomic mass is 10.2. The molecule has 0 atom stereocenters. The summed E-state index contributed by atoms with van der Waals surface area (Å²) >= 11 is 0. The first kappa shape index (κ1) is 7.10. The lowest BCUT2D eigenvalue weighted by molar-refractivity contribution is 1.29. The maximum absolute atomic E-state index is 4.27. The van der Waals surface area contributed by atoms with Crippen LogP contribution in [0.25, 0.3) is 17.1 Å². The second-order valence-corrected chi connectivity index (χ2v) is 2.77. The van der Waals surface area contributed by atoms with Crippen molar-refractivity contribution in [1.82, 2.24) is 9.97 Å². The summed E-state index contributed by atoms with van der Waals surface area (Å²) in [5.41, 5.74) is 4.30. The molecular weight excluding hydrogens is 148 g/mol. The monoisotopic (exact) mass is 158 g/mol. The third kappa shape index (κ3) is 0.848. The lowest BCUT2D eigenvalue weighted by Gasteiger charge is -1.88. The molecule has 0 aromatic carbocycles. The van der Waals surface area contributed by atoms with E-state index in [0.29, 0.717) is 0 Å². The molecule has 1 N–H and O–H groups in total. The number of hydrogen-bond acceptors (Lipinski definition) is 1. The van der Waals surface area contributed by atoms with E-state index in [4.69, 9.17) is 0 Å². The molecular formula is C10H10N2. The van der Waals surface area contributed by atoms with Gasteiger partial charge in [0.15, 0.2) is 0 Å². The van der Waals surface area contributed by atoms with Crippen LogP contribution in [0.5, 0.6) is 0 Å². The number of hydrogen-bond donors (Lipinski definition) is 1. The number of pyridine rings is 1. The van der Waals surface area contributed by atoms with Crippen molar-refractivity contribution in [2.45, 2.75) is 6.92 Å². The fourth-order valence-corrected chi connectivity index (χ4v) is 1.42. The number of rotatable bonds is 1. The summed E-state index contributed by atoms with van der Waals surface area (Å²) in [6.45, 7) is 5.78. The Bertz CT molecular complexity index is 426. The van der Waals surface area contributed by atoms with E-state index < -0.39 is 0 Å². The van der Waals surface area contributed by atoms with Gasteiger partial charge < -0.3 is 4.98 Å². The van der Waals surface area contributed by atoms with Crippen molar-refractivity contribution in [3.8, 4) is 0 Å². The van der Waals surface area contributed by atoms with Crippen molar-refractivity contribution in [1.29, 1.82) is 0 Å². The second-order valence-electron chi connectivity index (χ2n) is 2.77. The highest BCUT2D eigenvalue weighted by molar-refractivity contribution is 5.86. The zero-order valence-corrected chi connectivity index (χ0v) is 6.96. The van der Waals surface area contributed by atoms with Crippen molar-refractivity contribution in [2.75, 3.05) is 0 Å². The zero-order chi connectivity index (χ0) is 8.55. The minimum absolute atomic E-state index is 1.00. The summed E-state index contributed by atoms with van der Waals surface area (Å²) in [5.74, 6) is 0. The number of aryl methyl sites for hydroxylation is 1. The van der Waals surface area contributed by atoms with Gasteiger partial charge in [0, 0.05) is 17.5 Å². The van der Waals surface area contributed by atoms with Crippen LogP contribution in [0.2, 0.25) is 0 Å². The average Bonchev–Trinajstić information content (AvgIpc) is 2.40. The maximum atomic E-state index is 4.27. The fourth-order valence-electron chi connectivity index (χ4n) is 1.42. The molecule has 0 unspecified atom stereocenters. The van der Waals surface area contributed by atoms with Gasteiger partial charge in [-0.25, -0.2) is 0 Å². The Morgan fingerprint density at radius 2 is 2.42 bits per heavy atom. The Balaban J connectivity index is 2.90. The van der Waals surface area contributed by atoms with Crippen LogP contribution in [0.15, 0.2) is 24.9 Å². The molecule has 2 nitrogen and oxygen atoms in total. The first-order chi connectivity index (χ1) is 5.83. The first-order valence-electron chi connectivity index (χ1n) is 3.88. The Hall–Kier alpha value is -1.57. The highest BCUT2D eigenvalue weighted by Gasteiger charge is 2.04. The summed E-state index contributed by atoms with van der Waals surface area (Å²) in [7, 11) is 0. The van der Waals surface area contributed by atoms with Crippen LogP contribution in [0.1, 0.15) is 11.3 Å². The average molecular weight is 158 g/mol. The highest BCUT2D eigenvalue weighted by atomic mass is 14.8. The van der Waals surface area contributed by atoms with Gasteiger partial charge in [-0.05, 0) is 19.1 Å². The Kier molecular flexibility index (Phi) is 1.47. The van der Waals surface area contributed by atoms with Crippen molar-refractivity contribution in [3.05, 3.63) is 36.2 Å². The first-order valence-corrected chi connectivity index (χ1v) is 3.88. The number of aromatic nitrogens is 2. The molecule has 0 aliphatic carbocycles. The summed E-state index contributed by atoms with van der Waals surface area (Å²) in [4.78, 5) is 7.51. The van der Waals surface area contributed by atoms with Crippen LogP contribution in [0, 0.1) is 6.92 Å². The van der Waals surface area contributed by atoms with Gasteiger partial charge in [-0.3, -0.25) is 4.98 Å². The van der Waals surface area contributed by atoms with Crippen molar-refractivity contribution in [3.63, 3.8) is 0 Å². The lowest BCUT2D eigenvalue weighted by Crippen LogP contribution is -1.74. The SMILES string of the molecule is C=Cc1c(C)[nH]c2cccnc12. The second kappa shape index (κ2) is 2.48. The summed E-state index contributed by atoms with van der Waals surface area (Å²) < 4.78 is 0. The highest BCUT2D eigenvalue weighted by Crippen LogP contribution is 2.19. The van der Waals surface area contributed by atoms with E-state index in [-0.39, 0.29) is 0 Å². The molecule has 2 aromatic heterocycles. The van der Waals surface area contributed by atoms with Gasteiger partial charge in [-0.15, -0.1) is 0 Å². The molecule has 2 rings (SSSR count). The Morgan fingerprint density at radius 1 is 1.58 bits per heavy atom. The predicted octanol–water partition coefficient (Wildman–Crippen LogP) is 2.51. The maximum Gasteiger partial charge on any atom is 0.0953 e. The molecule has 0 radical (unpaired) electrons. The molecule has 0 aliphatic heterocycles. The van der Waals surface area contributed by atoms with E-state index in [1.807, 2.05) is 25.1 Å². The predicted molar refractivity (Wildman–Crippen MR) is 50.9 cm³/mol. The van der Waals surface area contributed by atoms with Gasteiger partial charge in [-0.2, -0.15) is 0 Å². The van der Waals surface area contributed by atoms with Gasteiger partial charge in [-0.1, -0.05) is 12.7 Å². The normalized spacial score (nSPS) is 10.4. The van der Waals surface area contributed by atoms with E-state index >= 15 is 0 Å². The van der Waals surface area contributed by atoms with Crippen LogP contribution in [-0.2, 0) is 0 Å². The number of aromatic amines is 1. The van der Waals surface area contributed by atoms with Gasteiger partial charge in [0.2, 0.25) is 0 Å². The minimum Gasteiger partial charge on any atom is -0.357 e. The Morgan fingerprint density at radius 3 is 3.17 bits per heavy atom. The number of fused-ring (bicyclic) bond motifs is 1. The quantitative estimate of drug-likeness (QED) is 0.678. The van der Waals surface area contributed by atoms with Gasteiger partial charge in [0.1, 0.15) is 0 Å². The van der Waals surface area contributed by atoms with Crippen LogP contribution < -0.4 is 0 Å². The smallest absolute Gasteiger partial charge is 0.0953 e. The minimum atomic E-state index is 1.00. The standard InChI is InChI=1S/C10H10N2/c1-3-8-7(2)12-9-5-4-6-11-10(8)9/h3-6,12H,1H2,2H3. The molecule has 0 bridgehead atoms.